The Bertz CT molecular complexity index is 1670. The van der Waals surface area contributed by atoms with Gasteiger partial charge < -0.3 is 9.51 Å². The Morgan fingerprint density at radius 1 is 0.765 bits per heavy atom. The van der Waals surface area contributed by atoms with Gasteiger partial charge in [-0.15, -0.1) is 0 Å². The van der Waals surface area contributed by atoms with Crippen molar-refractivity contribution >= 4 is 39.4 Å². The third-order valence-corrected chi connectivity index (χ3v) is 6.28. The molecule has 4 nitrogen and oxygen atoms in total. The SMILES string of the molecule is N#C/C(=C/c1cc2cc(-c3ccccc3)c3ccc4c(-c5ccccc5)cc(c1)c2n34)C(=O)O. The molecule has 160 valence electrons. The molecule has 0 saturated heterocycles. The summed E-state index contributed by atoms with van der Waals surface area (Å²) in [6.07, 6.45) is 1.44. The Labute approximate surface area is 195 Å². The molecule has 0 atom stereocenters. The number of carboxylic acid groups (broad SMARTS) is 1. The van der Waals surface area contributed by atoms with Crippen LogP contribution in [-0.4, -0.2) is 15.5 Å². The van der Waals surface area contributed by atoms with E-state index in [1.54, 1.807) is 6.07 Å². The summed E-state index contributed by atoms with van der Waals surface area (Å²) in [6, 6.07) is 34.8. The van der Waals surface area contributed by atoms with Crippen LogP contribution in [0.2, 0.25) is 0 Å². The van der Waals surface area contributed by atoms with Crippen LogP contribution in [0, 0.1) is 11.3 Å². The highest BCUT2D eigenvalue weighted by molar-refractivity contribution is 6.09. The maximum Gasteiger partial charge on any atom is 0.346 e. The molecule has 0 bridgehead atoms. The lowest BCUT2D eigenvalue weighted by molar-refractivity contribution is -0.132. The highest BCUT2D eigenvalue weighted by atomic mass is 16.4. The van der Waals surface area contributed by atoms with Crippen molar-refractivity contribution in [2.75, 3.05) is 0 Å². The van der Waals surface area contributed by atoms with Gasteiger partial charge in [-0.2, -0.15) is 5.26 Å². The fraction of sp³-hybridized carbons (Fsp3) is 0. The third-order valence-electron chi connectivity index (χ3n) is 6.28. The molecule has 3 heterocycles. The van der Waals surface area contributed by atoms with Crippen LogP contribution >= 0.6 is 0 Å². The first-order valence-corrected chi connectivity index (χ1v) is 10.9. The van der Waals surface area contributed by atoms with Crippen LogP contribution in [0.1, 0.15) is 5.56 Å². The number of nitriles is 1. The maximum absolute atomic E-state index is 11.5. The molecule has 0 unspecified atom stereocenters. The molecule has 0 aliphatic carbocycles. The standard InChI is InChI=1S/C30H18N2O2/c31-18-24(30(33)34)15-19-13-22-16-25(20-7-3-1-4-8-20)27-11-12-28-26(21-9-5-2-6-10-21)17-23(14-19)29(22)32(27)28/h1-17H,(H,33,34)/b24-15-. The fourth-order valence-corrected chi connectivity index (χ4v) is 4.83. The van der Waals surface area contributed by atoms with Gasteiger partial charge in [-0.25, -0.2) is 4.79 Å². The predicted octanol–water partition coefficient (Wildman–Crippen LogP) is 7.01. The van der Waals surface area contributed by atoms with Crippen molar-refractivity contribution in [2.24, 2.45) is 0 Å². The van der Waals surface area contributed by atoms with Gasteiger partial charge in [-0.1, -0.05) is 60.7 Å². The maximum atomic E-state index is 11.5. The van der Waals surface area contributed by atoms with Crippen LogP contribution in [0.3, 0.4) is 0 Å². The van der Waals surface area contributed by atoms with Crippen molar-refractivity contribution in [1.29, 1.82) is 5.26 Å². The highest BCUT2D eigenvalue weighted by Crippen LogP contribution is 2.39. The van der Waals surface area contributed by atoms with Crippen LogP contribution in [0.25, 0.3) is 55.7 Å². The Morgan fingerprint density at radius 2 is 1.26 bits per heavy atom. The summed E-state index contributed by atoms with van der Waals surface area (Å²) in [7, 11) is 0. The lowest BCUT2D eigenvalue weighted by Crippen LogP contribution is -1.99. The van der Waals surface area contributed by atoms with Crippen molar-refractivity contribution < 1.29 is 9.90 Å². The van der Waals surface area contributed by atoms with Crippen LogP contribution < -0.4 is 0 Å². The van der Waals surface area contributed by atoms with Gasteiger partial charge in [0.25, 0.3) is 0 Å². The first-order chi connectivity index (χ1) is 16.6. The van der Waals surface area contributed by atoms with Crippen molar-refractivity contribution in [2.45, 2.75) is 0 Å². The number of carbonyl (C=O) groups is 1. The summed E-state index contributed by atoms with van der Waals surface area (Å²) in [4.78, 5) is 11.5. The van der Waals surface area contributed by atoms with E-state index in [1.165, 1.54) is 6.08 Å². The molecule has 0 aliphatic rings. The molecule has 6 aromatic rings. The van der Waals surface area contributed by atoms with E-state index < -0.39 is 5.97 Å². The quantitative estimate of drug-likeness (QED) is 0.238. The smallest absolute Gasteiger partial charge is 0.346 e. The van der Waals surface area contributed by atoms with Crippen molar-refractivity contribution in [3.05, 3.63) is 108 Å². The molecule has 0 spiro atoms. The summed E-state index contributed by atoms with van der Waals surface area (Å²) >= 11 is 0. The van der Waals surface area contributed by atoms with Crippen LogP contribution in [0.5, 0.6) is 0 Å². The van der Waals surface area contributed by atoms with Crippen molar-refractivity contribution in [3.8, 4) is 28.3 Å². The average Bonchev–Trinajstić information content (AvgIpc) is 3.32. The van der Waals surface area contributed by atoms with Gasteiger partial charge >= 0.3 is 5.97 Å². The molecule has 3 aromatic carbocycles. The monoisotopic (exact) mass is 438 g/mol. The normalized spacial score (nSPS) is 11.9. The molecule has 0 saturated carbocycles. The largest absolute Gasteiger partial charge is 0.477 e. The Hall–Kier alpha value is -4.88. The fourth-order valence-electron chi connectivity index (χ4n) is 4.83. The number of rotatable bonds is 4. The van der Waals surface area contributed by atoms with Crippen LogP contribution in [0.4, 0.5) is 0 Å². The van der Waals surface area contributed by atoms with E-state index in [9.17, 15) is 15.2 Å². The van der Waals surface area contributed by atoms with Gasteiger partial charge in [0, 0.05) is 21.9 Å². The van der Waals surface area contributed by atoms with Crippen LogP contribution in [-0.2, 0) is 4.79 Å². The second-order valence-electron chi connectivity index (χ2n) is 8.31. The number of carboxylic acids is 1. The van der Waals surface area contributed by atoms with Gasteiger partial charge in [0.1, 0.15) is 11.6 Å². The molecular formula is C30H18N2O2. The molecule has 34 heavy (non-hydrogen) atoms. The van der Waals surface area contributed by atoms with E-state index in [-0.39, 0.29) is 5.57 Å². The highest BCUT2D eigenvalue weighted by Gasteiger charge is 2.17. The molecule has 6 rings (SSSR count). The zero-order valence-corrected chi connectivity index (χ0v) is 18.1. The van der Waals surface area contributed by atoms with Gasteiger partial charge in [0.15, 0.2) is 0 Å². The molecule has 0 aliphatic heterocycles. The molecule has 0 amide bonds. The minimum Gasteiger partial charge on any atom is -0.477 e. The first kappa shape index (κ1) is 19.8. The van der Waals surface area contributed by atoms with Gasteiger partial charge in [0.05, 0.1) is 16.6 Å². The van der Waals surface area contributed by atoms with E-state index in [4.69, 9.17) is 0 Å². The number of pyridine rings is 2. The number of benzene rings is 3. The second-order valence-corrected chi connectivity index (χ2v) is 8.31. The lowest BCUT2D eigenvalue weighted by atomic mass is 9.97. The third kappa shape index (κ3) is 3.03. The summed E-state index contributed by atoms with van der Waals surface area (Å²) in [5, 5.41) is 20.6. The number of aromatic nitrogens is 1. The number of hydrogen-bond acceptors (Lipinski definition) is 2. The topological polar surface area (TPSA) is 65.5 Å². The number of aliphatic carboxylic acids is 1. The van der Waals surface area contributed by atoms with Gasteiger partial charge in [-0.3, -0.25) is 0 Å². The molecular weight excluding hydrogens is 420 g/mol. The average molecular weight is 438 g/mol. The van der Waals surface area contributed by atoms with Crippen LogP contribution in [0.15, 0.2) is 103 Å². The Morgan fingerprint density at radius 3 is 1.71 bits per heavy atom. The van der Waals surface area contributed by atoms with E-state index in [1.807, 2.05) is 48.5 Å². The molecule has 0 radical (unpaired) electrons. The molecule has 3 aromatic heterocycles. The van der Waals surface area contributed by atoms with Crippen molar-refractivity contribution in [1.82, 2.24) is 4.40 Å². The minimum atomic E-state index is -1.23. The van der Waals surface area contributed by atoms with E-state index in [0.717, 1.165) is 49.6 Å². The minimum absolute atomic E-state index is 0.291. The first-order valence-electron chi connectivity index (χ1n) is 10.9. The lowest BCUT2D eigenvalue weighted by Gasteiger charge is -2.17. The zero-order chi connectivity index (χ0) is 23.2. The molecule has 1 N–H and O–H groups in total. The van der Waals surface area contributed by atoms with Gasteiger partial charge in [-0.05, 0) is 59.2 Å². The number of nitrogens with zero attached hydrogens (tertiary/aromatic N) is 2. The molecule has 0 fully saturated rings. The Balaban J connectivity index is 1.76. The number of hydrogen-bond donors (Lipinski definition) is 1. The van der Waals surface area contributed by atoms with E-state index in [0.29, 0.717) is 5.56 Å². The molecule has 4 heteroatoms. The van der Waals surface area contributed by atoms with E-state index >= 15 is 0 Å². The zero-order valence-electron chi connectivity index (χ0n) is 18.1. The van der Waals surface area contributed by atoms with E-state index in [2.05, 4.69) is 52.9 Å². The summed E-state index contributed by atoms with van der Waals surface area (Å²) in [6.45, 7) is 0. The summed E-state index contributed by atoms with van der Waals surface area (Å²) in [5.41, 5.74) is 8.09. The summed E-state index contributed by atoms with van der Waals surface area (Å²) < 4.78 is 2.30. The Kier molecular flexibility index (Phi) is 4.43. The van der Waals surface area contributed by atoms with Crippen molar-refractivity contribution in [3.63, 3.8) is 0 Å². The second kappa shape index (κ2) is 7.61. The summed E-state index contributed by atoms with van der Waals surface area (Å²) in [5.74, 6) is -1.23. The predicted molar refractivity (Wildman–Crippen MR) is 136 cm³/mol. The van der Waals surface area contributed by atoms with Gasteiger partial charge in [0.2, 0.25) is 0 Å².